The molecular weight excluding hydrogens is 461 g/mol. The predicted octanol–water partition coefficient (Wildman–Crippen LogP) is 3.31. The third-order valence-corrected chi connectivity index (χ3v) is 6.22. The molecule has 158 valence electrons. The van der Waals surface area contributed by atoms with Gasteiger partial charge in [-0.3, -0.25) is 14.8 Å². The molecular formula is C22H38IN5. The topological polar surface area (TPSA) is 42.9 Å². The van der Waals surface area contributed by atoms with Gasteiger partial charge in [0.1, 0.15) is 0 Å². The summed E-state index contributed by atoms with van der Waals surface area (Å²) in [6, 6.07) is 12.6. The van der Waals surface area contributed by atoms with Gasteiger partial charge in [0.25, 0.3) is 0 Å². The lowest BCUT2D eigenvalue weighted by Gasteiger charge is -2.38. The van der Waals surface area contributed by atoms with Crippen LogP contribution in [0.4, 0.5) is 0 Å². The summed E-state index contributed by atoms with van der Waals surface area (Å²) < 4.78 is 0. The average Bonchev–Trinajstić information content (AvgIpc) is 3.15. The Hall–Kier alpha value is -0.860. The summed E-state index contributed by atoms with van der Waals surface area (Å²) in [7, 11) is 1.88. The molecule has 5 nitrogen and oxygen atoms in total. The van der Waals surface area contributed by atoms with Crippen LogP contribution in [0.15, 0.2) is 35.3 Å². The zero-order valence-electron chi connectivity index (χ0n) is 17.7. The Bertz CT molecular complexity index is 594. The number of likely N-dealkylation sites (tertiary alicyclic amines) is 2. The van der Waals surface area contributed by atoms with Crippen LogP contribution < -0.4 is 10.6 Å². The number of benzene rings is 1. The fourth-order valence-electron chi connectivity index (χ4n) is 4.55. The minimum atomic E-state index is 0. The largest absolute Gasteiger partial charge is 0.355 e. The number of hydrogen-bond acceptors (Lipinski definition) is 3. The maximum atomic E-state index is 4.47. The van der Waals surface area contributed by atoms with E-state index in [1.807, 2.05) is 7.05 Å². The second-order valence-electron chi connectivity index (χ2n) is 8.05. The van der Waals surface area contributed by atoms with Gasteiger partial charge in [-0.2, -0.15) is 0 Å². The highest BCUT2D eigenvalue weighted by Crippen LogP contribution is 2.20. The van der Waals surface area contributed by atoms with Crippen LogP contribution in [0, 0.1) is 0 Å². The lowest BCUT2D eigenvalue weighted by atomic mass is 9.97. The maximum Gasteiger partial charge on any atom is 0.191 e. The van der Waals surface area contributed by atoms with Gasteiger partial charge in [-0.1, -0.05) is 37.3 Å². The molecule has 2 fully saturated rings. The lowest BCUT2D eigenvalue weighted by molar-refractivity contribution is 0.134. The number of nitrogens with one attached hydrogen (secondary N) is 2. The van der Waals surface area contributed by atoms with Crippen molar-refractivity contribution in [3.63, 3.8) is 0 Å². The number of nitrogens with zero attached hydrogens (tertiary/aromatic N) is 3. The molecule has 0 spiro atoms. The molecule has 0 amide bonds. The van der Waals surface area contributed by atoms with Crippen LogP contribution in [0.2, 0.25) is 0 Å². The second kappa shape index (κ2) is 12.0. The molecule has 2 aliphatic rings. The Kier molecular flexibility index (Phi) is 10.0. The standard InChI is InChI=1S/C22H37N5.HI/c1-4-26-13-8-11-21(26)16-24-22(23-3)25-20-12-14-27(18(2)15-20)17-19-9-6-5-7-10-19;/h5-7,9-10,18,20-21H,4,8,11-17H2,1-3H3,(H2,23,24,25);1H. The summed E-state index contributed by atoms with van der Waals surface area (Å²) in [6.45, 7) is 10.2. The van der Waals surface area contributed by atoms with Gasteiger partial charge in [-0.25, -0.2) is 0 Å². The maximum absolute atomic E-state index is 4.47. The summed E-state index contributed by atoms with van der Waals surface area (Å²) >= 11 is 0. The Morgan fingerprint density at radius 1 is 1.14 bits per heavy atom. The van der Waals surface area contributed by atoms with E-state index in [4.69, 9.17) is 0 Å². The molecule has 2 heterocycles. The number of piperidine rings is 1. The zero-order valence-corrected chi connectivity index (χ0v) is 20.1. The van der Waals surface area contributed by atoms with E-state index in [-0.39, 0.29) is 24.0 Å². The molecule has 6 heteroatoms. The van der Waals surface area contributed by atoms with Crippen LogP contribution in [0.1, 0.15) is 45.1 Å². The first-order valence-electron chi connectivity index (χ1n) is 10.7. The third-order valence-electron chi connectivity index (χ3n) is 6.22. The van der Waals surface area contributed by atoms with E-state index >= 15 is 0 Å². The summed E-state index contributed by atoms with van der Waals surface area (Å²) in [5, 5.41) is 7.24. The van der Waals surface area contributed by atoms with E-state index in [0.29, 0.717) is 18.1 Å². The molecule has 2 aliphatic heterocycles. The number of halogens is 1. The highest BCUT2D eigenvalue weighted by molar-refractivity contribution is 14.0. The van der Waals surface area contributed by atoms with Gasteiger partial charge in [-0.05, 0) is 51.3 Å². The number of hydrogen-bond donors (Lipinski definition) is 2. The van der Waals surface area contributed by atoms with Crippen molar-refractivity contribution in [2.45, 2.75) is 64.2 Å². The van der Waals surface area contributed by atoms with Gasteiger partial charge in [-0.15, -0.1) is 24.0 Å². The number of rotatable bonds is 6. The Balaban J connectivity index is 0.00000280. The van der Waals surface area contributed by atoms with Gasteiger partial charge in [0.2, 0.25) is 0 Å². The highest BCUT2D eigenvalue weighted by Gasteiger charge is 2.27. The van der Waals surface area contributed by atoms with Gasteiger partial charge in [0, 0.05) is 44.8 Å². The van der Waals surface area contributed by atoms with E-state index in [1.54, 1.807) is 0 Å². The average molecular weight is 499 g/mol. The van der Waals surface area contributed by atoms with Crippen molar-refractivity contribution >= 4 is 29.9 Å². The van der Waals surface area contributed by atoms with Crippen LogP contribution in [-0.4, -0.2) is 67.1 Å². The quantitative estimate of drug-likeness (QED) is 0.358. The van der Waals surface area contributed by atoms with Gasteiger partial charge in [0.05, 0.1) is 0 Å². The third kappa shape index (κ3) is 6.59. The first-order chi connectivity index (χ1) is 13.2. The van der Waals surface area contributed by atoms with E-state index in [2.05, 4.69) is 69.6 Å². The fraction of sp³-hybridized carbons (Fsp3) is 0.682. The highest BCUT2D eigenvalue weighted by atomic mass is 127. The second-order valence-corrected chi connectivity index (χ2v) is 8.05. The number of aliphatic imine (C=N–C) groups is 1. The van der Waals surface area contributed by atoms with Crippen LogP contribution in [0.5, 0.6) is 0 Å². The van der Waals surface area contributed by atoms with Crippen LogP contribution >= 0.6 is 24.0 Å². The van der Waals surface area contributed by atoms with Crippen molar-refractivity contribution in [3.8, 4) is 0 Å². The monoisotopic (exact) mass is 499 g/mol. The van der Waals surface area contributed by atoms with E-state index in [9.17, 15) is 0 Å². The SMILES string of the molecule is CCN1CCCC1CNC(=NC)NC1CCN(Cc2ccccc2)C(C)C1.I. The van der Waals surface area contributed by atoms with Gasteiger partial charge < -0.3 is 10.6 Å². The number of guanidine groups is 1. The molecule has 1 aromatic carbocycles. The lowest BCUT2D eigenvalue weighted by Crippen LogP contribution is -2.52. The normalized spacial score (nSPS) is 26.7. The Morgan fingerprint density at radius 2 is 1.93 bits per heavy atom. The molecule has 1 aromatic rings. The van der Waals surface area contributed by atoms with E-state index < -0.39 is 0 Å². The first kappa shape index (κ1) is 23.4. The molecule has 2 saturated heterocycles. The number of likely N-dealkylation sites (N-methyl/N-ethyl adjacent to an activating group) is 1. The van der Waals surface area contributed by atoms with Crippen molar-refractivity contribution in [2.75, 3.05) is 33.2 Å². The molecule has 0 saturated carbocycles. The van der Waals surface area contributed by atoms with Crippen molar-refractivity contribution in [1.29, 1.82) is 0 Å². The molecule has 3 atom stereocenters. The summed E-state index contributed by atoms with van der Waals surface area (Å²) in [5.74, 6) is 0.965. The smallest absolute Gasteiger partial charge is 0.191 e. The zero-order chi connectivity index (χ0) is 19.1. The molecule has 28 heavy (non-hydrogen) atoms. The molecule has 0 radical (unpaired) electrons. The molecule has 3 rings (SSSR count). The molecule has 3 unspecified atom stereocenters. The Morgan fingerprint density at radius 3 is 2.61 bits per heavy atom. The van der Waals surface area contributed by atoms with Crippen LogP contribution in [0.25, 0.3) is 0 Å². The molecule has 0 aromatic heterocycles. The minimum absolute atomic E-state index is 0. The van der Waals surface area contributed by atoms with Crippen molar-refractivity contribution in [2.24, 2.45) is 4.99 Å². The van der Waals surface area contributed by atoms with E-state index in [1.165, 1.54) is 31.4 Å². The summed E-state index contributed by atoms with van der Waals surface area (Å²) in [5.41, 5.74) is 1.41. The van der Waals surface area contributed by atoms with E-state index in [0.717, 1.165) is 38.6 Å². The van der Waals surface area contributed by atoms with Gasteiger partial charge >= 0.3 is 0 Å². The minimum Gasteiger partial charge on any atom is -0.355 e. The molecule has 2 N–H and O–H groups in total. The molecule has 0 aliphatic carbocycles. The van der Waals surface area contributed by atoms with Crippen LogP contribution in [0.3, 0.4) is 0 Å². The van der Waals surface area contributed by atoms with Gasteiger partial charge in [0.15, 0.2) is 5.96 Å². The summed E-state index contributed by atoms with van der Waals surface area (Å²) in [6.07, 6.45) is 4.96. The fourth-order valence-corrected chi connectivity index (χ4v) is 4.55. The van der Waals surface area contributed by atoms with Crippen molar-refractivity contribution in [1.82, 2.24) is 20.4 Å². The first-order valence-corrected chi connectivity index (χ1v) is 10.7. The van der Waals surface area contributed by atoms with Crippen molar-refractivity contribution in [3.05, 3.63) is 35.9 Å². The Labute approximate surface area is 188 Å². The van der Waals surface area contributed by atoms with Crippen LogP contribution in [-0.2, 0) is 6.54 Å². The predicted molar refractivity (Wildman–Crippen MR) is 130 cm³/mol. The molecule has 0 bridgehead atoms. The van der Waals surface area contributed by atoms with Crippen molar-refractivity contribution < 1.29 is 0 Å². The summed E-state index contributed by atoms with van der Waals surface area (Å²) in [4.78, 5) is 9.64.